The van der Waals surface area contributed by atoms with Crippen molar-refractivity contribution in [2.45, 2.75) is 24.3 Å². The Labute approximate surface area is 121 Å². The smallest absolute Gasteiger partial charge is 0.240 e. The van der Waals surface area contributed by atoms with Crippen LogP contribution in [0.1, 0.15) is 12.0 Å². The molecule has 0 aromatic heterocycles. The van der Waals surface area contributed by atoms with Crippen molar-refractivity contribution in [3.05, 3.63) is 29.8 Å². The lowest BCUT2D eigenvalue weighted by molar-refractivity contribution is -0.0222. The molecule has 1 unspecified atom stereocenters. The van der Waals surface area contributed by atoms with E-state index in [1.807, 2.05) is 13.1 Å². The van der Waals surface area contributed by atoms with Gasteiger partial charge in [-0.15, -0.1) is 0 Å². The Morgan fingerprint density at radius 2 is 2.15 bits per heavy atom. The van der Waals surface area contributed by atoms with Crippen LogP contribution in [0.4, 0.5) is 0 Å². The van der Waals surface area contributed by atoms with Gasteiger partial charge in [-0.2, -0.15) is 0 Å². The second kappa shape index (κ2) is 6.67. The van der Waals surface area contributed by atoms with Gasteiger partial charge in [0.05, 0.1) is 17.6 Å². The number of aryl methyl sites for hydroxylation is 1. The van der Waals surface area contributed by atoms with Crippen LogP contribution in [0.5, 0.6) is 0 Å². The highest BCUT2D eigenvalue weighted by Gasteiger charge is 2.20. The molecule has 0 bridgehead atoms. The second-order valence-corrected chi connectivity index (χ2v) is 6.94. The van der Waals surface area contributed by atoms with Crippen molar-refractivity contribution in [2.24, 2.45) is 0 Å². The number of likely N-dealkylation sites (N-methyl/N-ethyl adjacent to an activating group) is 1. The van der Waals surface area contributed by atoms with Crippen LogP contribution in [0.25, 0.3) is 0 Å². The average molecular weight is 298 g/mol. The fourth-order valence-corrected chi connectivity index (χ4v) is 3.62. The van der Waals surface area contributed by atoms with Crippen LogP contribution in [0.15, 0.2) is 29.2 Å². The molecule has 20 heavy (non-hydrogen) atoms. The van der Waals surface area contributed by atoms with Crippen molar-refractivity contribution in [1.82, 2.24) is 9.62 Å². The Hall–Kier alpha value is -0.950. The van der Waals surface area contributed by atoms with Crippen LogP contribution < -0.4 is 4.72 Å². The number of benzene rings is 1. The highest BCUT2D eigenvalue weighted by Crippen LogP contribution is 2.14. The predicted octanol–water partition coefficient (Wildman–Crippen LogP) is 0.994. The molecule has 1 fully saturated rings. The molecule has 2 rings (SSSR count). The fraction of sp³-hybridized carbons (Fsp3) is 0.571. The van der Waals surface area contributed by atoms with Gasteiger partial charge in [-0.25, -0.2) is 13.1 Å². The normalized spacial score (nSPS) is 21.0. The Bertz CT molecular complexity index is 545. The number of sulfonamides is 1. The van der Waals surface area contributed by atoms with Crippen LogP contribution in [0.2, 0.25) is 0 Å². The van der Waals surface area contributed by atoms with Gasteiger partial charge < -0.3 is 9.64 Å². The number of hydrogen-bond acceptors (Lipinski definition) is 4. The summed E-state index contributed by atoms with van der Waals surface area (Å²) in [5.41, 5.74) is 0.758. The molecule has 1 aliphatic rings. The van der Waals surface area contributed by atoms with E-state index >= 15 is 0 Å². The van der Waals surface area contributed by atoms with E-state index in [0.717, 1.165) is 18.7 Å². The van der Waals surface area contributed by atoms with Crippen molar-refractivity contribution in [3.8, 4) is 0 Å². The van der Waals surface area contributed by atoms with Gasteiger partial charge in [0.2, 0.25) is 10.0 Å². The summed E-state index contributed by atoms with van der Waals surface area (Å²) in [6.45, 7) is 4.70. The number of nitrogens with one attached hydrogen (secondary N) is 1. The highest BCUT2D eigenvalue weighted by molar-refractivity contribution is 7.89. The first-order valence-electron chi connectivity index (χ1n) is 6.84. The van der Waals surface area contributed by atoms with Crippen LogP contribution in [0, 0.1) is 6.92 Å². The Balaban J connectivity index is 1.88. The standard InChI is InChI=1S/C14H22N2O3S/c1-12-5-3-4-6-14(12)20(17,18)15-8-7-13-11-16(2)9-10-19-13/h3-6,13,15H,7-11H2,1-2H3. The van der Waals surface area contributed by atoms with Crippen molar-refractivity contribution in [2.75, 3.05) is 33.3 Å². The second-order valence-electron chi connectivity index (χ2n) is 5.21. The van der Waals surface area contributed by atoms with Crippen molar-refractivity contribution < 1.29 is 13.2 Å². The zero-order valence-electron chi connectivity index (χ0n) is 12.0. The van der Waals surface area contributed by atoms with Gasteiger partial charge in [0.1, 0.15) is 0 Å². The average Bonchev–Trinajstić information content (AvgIpc) is 2.39. The molecule has 1 atom stereocenters. The summed E-state index contributed by atoms with van der Waals surface area (Å²) in [5.74, 6) is 0. The number of nitrogens with zero attached hydrogens (tertiary/aromatic N) is 1. The van der Waals surface area contributed by atoms with E-state index in [0.29, 0.717) is 24.5 Å². The van der Waals surface area contributed by atoms with E-state index in [9.17, 15) is 8.42 Å². The van der Waals surface area contributed by atoms with Crippen molar-refractivity contribution in [1.29, 1.82) is 0 Å². The lowest BCUT2D eigenvalue weighted by Crippen LogP contribution is -2.41. The van der Waals surface area contributed by atoms with E-state index in [4.69, 9.17) is 4.74 Å². The molecule has 0 saturated carbocycles. The predicted molar refractivity (Wildman–Crippen MR) is 78.2 cm³/mol. The first-order chi connectivity index (χ1) is 9.49. The molecule has 5 nitrogen and oxygen atoms in total. The third kappa shape index (κ3) is 4.02. The van der Waals surface area contributed by atoms with Crippen molar-refractivity contribution in [3.63, 3.8) is 0 Å². The van der Waals surface area contributed by atoms with E-state index in [1.54, 1.807) is 25.1 Å². The maximum atomic E-state index is 12.2. The van der Waals surface area contributed by atoms with E-state index < -0.39 is 10.0 Å². The lowest BCUT2D eigenvalue weighted by Gasteiger charge is -2.30. The summed E-state index contributed by atoms with van der Waals surface area (Å²) in [6.07, 6.45) is 0.795. The molecule has 0 amide bonds. The highest BCUT2D eigenvalue weighted by atomic mass is 32.2. The van der Waals surface area contributed by atoms with Gasteiger partial charge in [0.25, 0.3) is 0 Å². The van der Waals surface area contributed by atoms with Crippen LogP contribution in [-0.2, 0) is 14.8 Å². The van der Waals surface area contributed by atoms with Crippen molar-refractivity contribution >= 4 is 10.0 Å². The lowest BCUT2D eigenvalue weighted by atomic mass is 10.2. The fourth-order valence-electron chi connectivity index (χ4n) is 2.33. The minimum Gasteiger partial charge on any atom is -0.376 e. The maximum absolute atomic E-state index is 12.2. The molecule has 0 spiro atoms. The molecular formula is C14H22N2O3S. The van der Waals surface area contributed by atoms with Gasteiger partial charge in [0.15, 0.2) is 0 Å². The summed E-state index contributed by atoms with van der Waals surface area (Å²) < 4.78 is 32.7. The summed E-state index contributed by atoms with van der Waals surface area (Å²) >= 11 is 0. The SMILES string of the molecule is Cc1ccccc1S(=O)(=O)NCCC1CN(C)CCO1. The van der Waals surface area contributed by atoms with E-state index in [2.05, 4.69) is 9.62 Å². The number of ether oxygens (including phenoxy) is 1. The molecule has 1 aromatic rings. The largest absolute Gasteiger partial charge is 0.376 e. The van der Waals surface area contributed by atoms with Gasteiger partial charge in [0, 0.05) is 19.6 Å². The van der Waals surface area contributed by atoms with E-state index in [1.165, 1.54) is 0 Å². The number of morpholine rings is 1. The Kier molecular flexibility index (Phi) is 5.15. The van der Waals surface area contributed by atoms with Gasteiger partial charge in [-0.3, -0.25) is 0 Å². The van der Waals surface area contributed by atoms with E-state index in [-0.39, 0.29) is 6.10 Å². The van der Waals surface area contributed by atoms with Crippen LogP contribution in [-0.4, -0.2) is 52.7 Å². The summed E-state index contributed by atoms with van der Waals surface area (Å²) in [5, 5.41) is 0. The molecule has 112 valence electrons. The molecule has 1 aromatic carbocycles. The molecule has 1 heterocycles. The quantitative estimate of drug-likeness (QED) is 0.881. The Morgan fingerprint density at radius 3 is 2.85 bits per heavy atom. The number of rotatable bonds is 5. The number of hydrogen-bond donors (Lipinski definition) is 1. The topological polar surface area (TPSA) is 58.6 Å². The molecular weight excluding hydrogens is 276 g/mol. The summed E-state index contributed by atoms with van der Waals surface area (Å²) in [6, 6.07) is 7.00. The third-order valence-electron chi connectivity index (χ3n) is 3.48. The molecule has 1 saturated heterocycles. The summed E-state index contributed by atoms with van der Waals surface area (Å²) in [7, 11) is -1.38. The van der Waals surface area contributed by atoms with Gasteiger partial charge >= 0.3 is 0 Å². The monoisotopic (exact) mass is 298 g/mol. The van der Waals surface area contributed by atoms with Gasteiger partial charge in [-0.1, -0.05) is 18.2 Å². The summed E-state index contributed by atoms with van der Waals surface area (Å²) in [4.78, 5) is 2.55. The zero-order valence-corrected chi connectivity index (χ0v) is 12.8. The first-order valence-corrected chi connectivity index (χ1v) is 8.33. The zero-order chi connectivity index (χ0) is 14.6. The van der Waals surface area contributed by atoms with Crippen LogP contribution >= 0.6 is 0 Å². The molecule has 0 aliphatic carbocycles. The molecule has 6 heteroatoms. The molecule has 1 aliphatic heterocycles. The van der Waals surface area contributed by atoms with Crippen LogP contribution in [0.3, 0.4) is 0 Å². The molecule has 1 N–H and O–H groups in total. The first kappa shape index (κ1) is 15.4. The third-order valence-corrected chi connectivity index (χ3v) is 5.10. The molecule has 0 radical (unpaired) electrons. The minimum atomic E-state index is -3.42. The maximum Gasteiger partial charge on any atom is 0.240 e. The Morgan fingerprint density at radius 1 is 1.40 bits per heavy atom. The van der Waals surface area contributed by atoms with Gasteiger partial charge in [-0.05, 0) is 32.0 Å². The minimum absolute atomic E-state index is 0.105.